The minimum absolute atomic E-state index is 0.190. The molecule has 8 heteroatoms. The summed E-state index contributed by atoms with van der Waals surface area (Å²) in [5.41, 5.74) is 1.18. The number of aliphatic hydroxyl groups is 1. The minimum atomic E-state index is -3.86. The Morgan fingerprint density at radius 1 is 1.18 bits per heavy atom. The Morgan fingerprint density at radius 3 is 2.61 bits per heavy atom. The van der Waals surface area contributed by atoms with Crippen molar-refractivity contribution in [3.63, 3.8) is 0 Å². The average molecular weight is 401 g/mol. The van der Waals surface area contributed by atoms with Crippen molar-refractivity contribution in [2.24, 2.45) is 0 Å². The molecule has 0 spiro atoms. The molecule has 3 aromatic rings. The fraction of sp³-hybridized carbons (Fsp3) is 0.400. The van der Waals surface area contributed by atoms with Crippen LogP contribution in [0.4, 0.5) is 0 Å². The van der Waals surface area contributed by atoms with Gasteiger partial charge in [0, 0.05) is 17.1 Å². The Hall–Kier alpha value is -2.29. The first-order chi connectivity index (χ1) is 13.3. The molecular weight excluding hydrogens is 378 g/mol. The third kappa shape index (κ3) is 3.21. The highest BCUT2D eigenvalue weighted by molar-refractivity contribution is 7.89. The standard InChI is InChI=1S/C20H23N3O4S/c1-13-19(14(2)27-22-13)20(10-8-15(24)9-11-20)23-28(25,26)18-7-3-6-17-16(18)5-4-12-21-17/h3-7,12,15,23-24H,8-11H2,1-2H3. The summed E-state index contributed by atoms with van der Waals surface area (Å²) in [6.07, 6.45) is 3.16. The van der Waals surface area contributed by atoms with E-state index in [1.54, 1.807) is 43.5 Å². The van der Waals surface area contributed by atoms with Crippen LogP contribution in [0.25, 0.3) is 10.9 Å². The normalized spacial score (nSPS) is 23.2. The summed E-state index contributed by atoms with van der Waals surface area (Å²) in [5, 5.41) is 14.6. The molecule has 0 atom stereocenters. The van der Waals surface area contributed by atoms with Gasteiger partial charge in [0.15, 0.2) is 0 Å². The monoisotopic (exact) mass is 401 g/mol. The topological polar surface area (TPSA) is 105 Å². The molecule has 0 amide bonds. The summed E-state index contributed by atoms with van der Waals surface area (Å²) < 4.78 is 35.2. The van der Waals surface area contributed by atoms with Gasteiger partial charge in [0.05, 0.1) is 27.7 Å². The SMILES string of the molecule is Cc1noc(C)c1C1(NS(=O)(=O)c2cccc3ncccc23)CCC(O)CC1. The third-order valence-electron chi connectivity index (χ3n) is 5.55. The second-order valence-corrected chi connectivity index (χ2v) is 9.10. The quantitative estimate of drug-likeness (QED) is 0.696. The molecule has 7 nitrogen and oxygen atoms in total. The van der Waals surface area contributed by atoms with Crippen molar-refractivity contribution in [1.29, 1.82) is 0 Å². The van der Waals surface area contributed by atoms with Crippen molar-refractivity contribution in [2.75, 3.05) is 0 Å². The number of sulfonamides is 1. The number of hydrogen-bond donors (Lipinski definition) is 2. The van der Waals surface area contributed by atoms with Crippen LogP contribution >= 0.6 is 0 Å². The molecule has 1 fully saturated rings. The molecule has 28 heavy (non-hydrogen) atoms. The van der Waals surface area contributed by atoms with Gasteiger partial charge in [0.1, 0.15) is 5.76 Å². The largest absolute Gasteiger partial charge is 0.393 e. The van der Waals surface area contributed by atoms with Crippen LogP contribution < -0.4 is 4.72 Å². The Kier molecular flexibility index (Phi) is 4.73. The lowest BCUT2D eigenvalue weighted by Crippen LogP contribution is -2.49. The molecule has 0 radical (unpaired) electrons. The average Bonchev–Trinajstić information content (AvgIpc) is 3.02. The van der Waals surface area contributed by atoms with Crippen LogP contribution in [0.2, 0.25) is 0 Å². The van der Waals surface area contributed by atoms with Gasteiger partial charge in [-0.2, -0.15) is 0 Å². The van der Waals surface area contributed by atoms with Gasteiger partial charge in [0.2, 0.25) is 10.0 Å². The fourth-order valence-corrected chi connectivity index (χ4v) is 5.94. The van der Waals surface area contributed by atoms with E-state index in [1.807, 2.05) is 6.92 Å². The van der Waals surface area contributed by atoms with Gasteiger partial charge in [-0.3, -0.25) is 4.98 Å². The molecule has 2 heterocycles. The lowest BCUT2D eigenvalue weighted by molar-refractivity contribution is 0.0904. The number of nitrogens with zero attached hydrogens (tertiary/aromatic N) is 2. The molecule has 1 aliphatic carbocycles. The van der Waals surface area contributed by atoms with E-state index < -0.39 is 21.7 Å². The van der Waals surface area contributed by atoms with Crippen LogP contribution in [-0.2, 0) is 15.6 Å². The first-order valence-corrected chi connectivity index (χ1v) is 10.8. The number of aliphatic hydroxyl groups excluding tert-OH is 1. The molecule has 1 aromatic carbocycles. The zero-order chi connectivity index (χ0) is 19.9. The van der Waals surface area contributed by atoms with E-state index in [0.29, 0.717) is 48.0 Å². The van der Waals surface area contributed by atoms with Crippen molar-refractivity contribution in [2.45, 2.75) is 56.1 Å². The summed E-state index contributed by atoms with van der Waals surface area (Å²) in [6.45, 7) is 3.60. The van der Waals surface area contributed by atoms with Crippen molar-refractivity contribution >= 4 is 20.9 Å². The third-order valence-corrected chi connectivity index (χ3v) is 7.14. The molecule has 148 valence electrons. The number of aryl methyl sites for hydroxylation is 2. The van der Waals surface area contributed by atoms with Crippen LogP contribution in [0.5, 0.6) is 0 Å². The Morgan fingerprint density at radius 2 is 1.93 bits per heavy atom. The second kappa shape index (κ2) is 6.95. The van der Waals surface area contributed by atoms with Gasteiger partial charge in [0.25, 0.3) is 0 Å². The highest BCUT2D eigenvalue weighted by Crippen LogP contribution is 2.41. The van der Waals surface area contributed by atoms with E-state index >= 15 is 0 Å². The summed E-state index contributed by atoms with van der Waals surface area (Å²) >= 11 is 0. The Labute approximate surface area is 163 Å². The fourth-order valence-electron chi connectivity index (χ4n) is 4.29. The zero-order valence-corrected chi connectivity index (χ0v) is 16.7. The summed E-state index contributed by atoms with van der Waals surface area (Å²) in [4.78, 5) is 4.45. The van der Waals surface area contributed by atoms with E-state index in [2.05, 4.69) is 14.9 Å². The maximum atomic E-state index is 13.5. The van der Waals surface area contributed by atoms with Crippen molar-refractivity contribution in [3.05, 3.63) is 53.5 Å². The number of nitrogens with one attached hydrogen (secondary N) is 1. The minimum Gasteiger partial charge on any atom is -0.393 e. The molecule has 0 unspecified atom stereocenters. The van der Waals surface area contributed by atoms with Crippen LogP contribution in [0.1, 0.15) is 42.7 Å². The number of aromatic nitrogens is 2. The van der Waals surface area contributed by atoms with Crippen LogP contribution in [0, 0.1) is 13.8 Å². The first kappa shape index (κ1) is 19.0. The van der Waals surface area contributed by atoms with Gasteiger partial charge in [-0.25, -0.2) is 13.1 Å². The highest BCUT2D eigenvalue weighted by Gasteiger charge is 2.43. The van der Waals surface area contributed by atoms with Crippen LogP contribution in [-0.4, -0.2) is 29.8 Å². The van der Waals surface area contributed by atoms with E-state index in [4.69, 9.17) is 4.52 Å². The van der Waals surface area contributed by atoms with Gasteiger partial charge < -0.3 is 9.63 Å². The van der Waals surface area contributed by atoms with Crippen LogP contribution in [0.3, 0.4) is 0 Å². The number of rotatable bonds is 4. The van der Waals surface area contributed by atoms with E-state index in [9.17, 15) is 13.5 Å². The van der Waals surface area contributed by atoms with Gasteiger partial charge in [-0.1, -0.05) is 11.2 Å². The molecule has 0 bridgehead atoms. The van der Waals surface area contributed by atoms with E-state index in [-0.39, 0.29) is 4.90 Å². The molecule has 2 aromatic heterocycles. The number of hydrogen-bond acceptors (Lipinski definition) is 6. The predicted molar refractivity (Wildman–Crippen MR) is 104 cm³/mol. The van der Waals surface area contributed by atoms with Crippen molar-refractivity contribution < 1.29 is 18.0 Å². The smallest absolute Gasteiger partial charge is 0.242 e. The van der Waals surface area contributed by atoms with Crippen molar-refractivity contribution in [3.8, 4) is 0 Å². The molecule has 0 aliphatic heterocycles. The summed E-state index contributed by atoms with van der Waals surface area (Å²) in [6, 6.07) is 8.55. The molecular formula is C20H23N3O4S. The van der Waals surface area contributed by atoms with E-state index in [0.717, 1.165) is 5.56 Å². The highest BCUT2D eigenvalue weighted by atomic mass is 32.2. The lowest BCUT2D eigenvalue weighted by Gasteiger charge is -2.39. The van der Waals surface area contributed by atoms with Crippen LogP contribution in [0.15, 0.2) is 45.9 Å². The Bertz CT molecular complexity index is 1090. The molecule has 0 saturated heterocycles. The van der Waals surface area contributed by atoms with Gasteiger partial charge in [-0.15, -0.1) is 0 Å². The zero-order valence-electron chi connectivity index (χ0n) is 15.8. The predicted octanol–water partition coefficient (Wildman–Crippen LogP) is 2.95. The molecule has 1 saturated carbocycles. The number of pyridine rings is 1. The van der Waals surface area contributed by atoms with E-state index in [1.165, 1.54) is 0 Å². The first-order valence-electron chi connectivity index (χ1n) is 9.31. The number of benzene rings is 1. The van der Waals surface area contributed by atoms with Gasteiger partial charge >= 0.3 is 0 Å². The Balaban J connectivity index is 1.83. The van der Waals surface area contributed by atoms with Crippen molar-refractivity contribution in [1.82, 2.24) is 14.9 Å². The lowest BCUT2D eigenvalue weighted by atomic mass is 9.75. The summed E-state index contributed by atoms with van der Waals surface area (Å²) in [5.74, 6) is 0.594. The van der Waals surface area contributed by atoms with Gasteiger partial charge in [-0.05, 0) is 63.8 Å². The molecule has 4 rings (SSSR count). The maximum absolute atomic E-state index is 13.5. The molecule has 2 N–H and O–H groups in total. The molecule has 1 aliphatic rings. The second-order valence-electron chi connectivity index (χ2n) is 7.44. The summed E-state index contributed by atoms with van der Waals surface area (Å²) in [7, 11) is -3.86. The number of fused-ring (bicyclic) bond motifs is 1. The maximum Gasteiger partial charge on any atom is 0.242 e.